The second-order valence-electron chi connectivity index (χ2n) is 5.06. The molecule has 1 amide bonds. The van der Waals surface area contributed by atoms with E-state index < -0.39 is 4.92 Å². The van der Waals surface area contributed by atoms with Crippen LogP contribution >= 0.6 is 11.3 Å². The van der Waals surface area contributed by atoms with Gasteiger partial charge in [-0.3, -0.25) is 14.9 Å². The highest BCUT2D eigenvalue weighted by atomic mass is 32.1. The third kappa shape index (κ3) is 3.07. The highest BCUT2D eigenvalue weighted by Crippen LogP contribution is 2.24. The molecule has 2 aromatic rings. The number of carbonyl (C=O) groups excluding carboxylic acids is 1. The molecule has 0 fully saturated rings. The Kier molecular flexibility index (Phi) is 4.02. The van der Waals surface area contributed by atoms with Crippen molar-refractivity contribution in [3.8, 4) is 0 Å². The number of non-ortho nitro benzene ring substituents is 1. The predicted molar refractivity (Wildman–Crippen MR) is 85.6 cm³/mol. The molecule has 3 rings (SSSR count). The van der Waals surface area contributed by atoms with Gasteiger partial charge in [0.25, 0.3) is 5.69 Å². The summed E-state index contributed by atoms with van der Waals surface area (Å²) in [6.45, 7) is 1.39. The third-order valence-corrected chi connectivity index (χ3v) is 4.66. The Balaban J connectivity index is 1.65. The number of thiophene rings is 1. The minimum Gasteiger partial charge on any atom is -0.334 e. The van der Waals surface area contributed by atoms with Crippen molar-refractivity contribution in [3.05, 3.63) is 67.9 Å². The van der Waals surface area contributed by atoms with E-state index in [9.17, 15) is 14.9 Å². The minimum absolute atomic E-state index is 0.0322. The molecular weight excluding hydrogens is 300 g/mol. The normalized spacial score (nSPS) is 14.1. The van der Waals surface area contributed by atoms with E-state index in [1.54, 1.807) is 29.5 Å². The van der Waals surface area contributed by atoms with Crippen molar-refractivity contribution in [1.82, 2.24) is 4.90 Å². The number of hydrogen-bond acceptors (Lipinski definition) is 4. The highest BCUT2D eigenvalue weighted by Gasteiger charge is 2.19. The fourth-order valence-electron chi connectivity index (χ4n) is 2.42. The van der Waals surface area contributed by atoms with Crippen molar-refractivity contribution in [2.45, 2.75) is 13.0 Å². The zero-order valence-corrected chi connectivity index (χ0v) is 12.6. The summed E-state index contributed by atoms with van der Waals surface area (Å²) in [5, 5.41) is 12.7. The van der Waals surface area contributed by atoms with Gasteiger partial charge in [0.2, 0.25) is 5.91 Å². The van der Waals surface area contributed by atoms with Gasteiger partial charge in [-0.1, -0.05) is 0 Å². The molecule has 0 bridgehead atoms. The van der Waals surface area contributed by atoms with Crippen molar-refractivity contribution >= 4 is 29.0 Å². The van der Waals surface area contributed by atoms with Crippen LogP contribution in [0, 0.1) is 10.1 Å². The molecule has 0 radical (unpaired) electrons. The van der Waals surface area contributed by atoms with Gasteiger partial charge in [-0.2, -0.15) is 0 Å². The average Bonchev–Trinajstić information content (AvgIpc) is 3.00. The van der Waals surface area contributed by atoms with Crippen LogP contribution in [0.4, 0.5) is 5.69 Å². The number of nitrogens with zero attached hydrogens (tertiary/aromatic N) is 2. The molecule has 0 atom stereocenters. The second-order valence-corrected chi connectivity index (χ2v) is 6.06. The molecule has 1 aromatic heterocycles. The average molecular weight is 314 g/mol. The lowest BCUT2D eigenvalue weighted by molar-refractivity contribution is -0.384. The van der Waals surface area contributed by atoms with Crippen LogP contribution in [-0.2, 0) is 17.8 Å². The maximum atomic E-state index is 12.2. The standard InChI is InChI=1S/C16H14N2O3S/c19-16(17-9-7-15-13(11-17)8-10-22-15)6-3-12-1-4-14(5-2-12)18(20)21/h1-6,8,10H,7,9,11H2/b6-3+. The monoisotopic (exact) mass is 314 g/mol. The predicted octanol–water partition coefficient (Wildman–Crippen LogP) is 3.25. The van der Waals surface area contributed by atoms with Crippen molar-refractivity contribution < 1.29 is 9.72 Å². The molecule has 0 spiro atoms. The number of nitro groups is 1. The Morgan fingerprint density at radius 1 is 1.27 bits per heavy atom. The van der Waals surface area contributed by atoms with Crippen LogP contribution < -0.4 is 0 Å². The Labute approximate surface area is 131 Å². The van der Waals surface area contributed by atoms with Gasteiger partial charge in [-0.25, -0.2) is 0 Å². The molecule has 0 saturated heterocycles. The first kappa shape index (κ1) is 14.5. The lowest BCUT2D eigenvalue weighted by Gasteiger charge is -2.25. The molecule has 0 N–H and O–H groups in total. The largest absolute Gasteiger partial charge is 0.334 e. The summed E-state index contributed by atoms with van der Waals surface area (Å²) in [7, 11) is 0. The fraction of sp³-hybridized carbons (Fsp3) is 0.188. The molecule has 112 valence electrons. The molecule has 0 aliphatic carbocycles. The van der Waals surface area contributed by atoms with Gasteiger partial charge in [0.05, 0.1) is 4.92 Å². The first-order valence-corrected chi connectivity index (χ1v) is 7.78. The summed E-state index contributed by atoms with van der Waals surface area (Å²) >= 11 is 1.74. The number of rotatable bonds is 3. The van der Waals surface area contributed by atoms with E-state index in [0.717, 1.165) is 18.5 Å². The summed E-state index contributed by atoms with van der Waals surface area (Å²) < 4.78 is 0. The molecular formula is C16H14N2O3S. The van der Waals surface area contributed by atoms with Gasteiger partial charge in [0.1, 0.15) is 0 Å². The lowest BCUT2D eigenvalue weighted by atomic mass is 10.1. The third-order valence-electron chi connectivity index (χ3n) is 3.64. The molecule has 1 aromatic carbocycles. The first-order valence-electron chi connectivity index (χ1n) is 6.90. The number of carbonyl (C=O) groups is 1. The van der Waals surface area contributed by atoms with Crippen molar-refractivity contribution in [3.63, 3.8) is 0 Å². The number of amides is 1. The molecule has 0 saturated carbocycles. The van der Waals surface area contributed by atoms with E-state index in [2.05, 4.69) is 11.4 Å². The van der Waals surface area contributed by atoms with Crippen LogP contribution in [0.15, 0.2) is 41.8 Å². The molecule has 5 nitrogen and oxygen atoms in total. The molecule has 6 heteroatoms. The molecule has 0 unspecified atom stereocenters. The number of hydrogen-bond donors (Lipinski definition) is 0. The zero-order valence-electron chi connectivity index (χ0n) is 11.8. The minimum atomic E-state index is -0.440. The summed E-state index contributed by atoms with van der Waals surface area (Å²) in [6, 6.07) is 8.20. The van der Waals surface area contributed by atoms with Gasteiger partial charge in [0, 0.05) is 36.2 Å². The van der Waals surface area contributed by atoms with Crippen LogP contribution in [-0.4, -0.2) is 22.3 Å². The number of nitro benzene ring substituents is 1. The molecule has 2 heterocycles. The van der Waals surface area contributed by atoms with Gasteiger partial charge in [-0.15, -0.1) is 11.3 Å². The Morgan fingerprint density at radius 3 is 2.77 bits per heavy atom. The van der Waals surface area contributed by atoms with Crippen molar-refractivity contribution in [2.24, 2.45) is 0 Å². The van der Waals surface area contributed by atoms with Gasteiger partial charge in [0.15, 0.2) is 0 Å². The smallest absolute Gasteiger partial charge is 0.269 e. The van der Waals surface area contributed by atoms with Crippen molar-refractivity contribution in [2.75, 3.05) is 6.54 Å². The molecule has 1 aliphatic rings. The maximum Gasteiger partial charge on any atom is 0.269 e. The van der Waals surface area contributed by atoms with Gasteiger partial charge >= 0.3 is 0 Å². The second kappa shape index (κ2) is 6.11. The van der Waals surface area contributed by atoms with E-state index in [-0.39, 0.29) is 11.6 Å². The van der Waals surface area contributed by atoms with E-state index >= 15 is 0 Å². The summed E-state index contributed by atoms with van der Waals surface area (Å²) in [4.78, 5) is 25.5. The molecule has 22 heavy (non-hydrogen) atoms. The van der Waals surface area contributed by atoms with Gasteiger partial charge < -0.3 is 4.90 Å². The van der Waals surface area contributed by atoms with Gasteiger partial charge in [-0.05, 0) is 47.2 Å². The van der Waals surface area contributed by atoms with E-state index in [4.69, 9.17) is 0 Å². The summed E-state index contributed by atoms with van der Waals surface area (Å²) in [6.07, 6.45) is 4.12. The highest BCUT2D eigenvalue weighted by molar-refractivity contribution is 7.10. The number of benzene rings is 1. The van der Waals surface area contributed by atoms with E-state index in [1.807, 2.05) is 4.90 Å². The zero-order chi connectivity index (χ0) is 15.5. The molecule has 1 aliphatic heterocycles. The quantitative estimate of drug-likeness (QED) is 0.496. The summed E-state index contributed by atoms with van der Waals surface area (Å²) in [5.74, 6) is -0.0322. The van der Waals surface area contributed by atoms with Crippen LogP contribution in [0.1, 0.15) is 16.0 Å². The maximum absolute atomic E-state index is 12.2. The Hall–Kier alpha value is -2.47. The fourth-order valence-corrected chi connectivity index (χ4v) is 3.31. The summed E-state index contributed by atoms with van der Waals surface area (Å²) in [5.41, 5.74) is 2.05. The van der Waals surface area contributed by atoms with Crippen LogP contribution in [0.5, 0.6) is 0 Å². The van der Waals surface area contributed by atoms with Crippen molar-refractivity contribution in [1.29, 1.82) is 0 Å². The van der Waals surface area contributed by atoms with E-state index in [1.165, 1.54) is 28.6 Å². The van der Waals surface area contributed by atoms with Crippen LogP contribution in [0.25, 0.3) is 6.08 Å². The SMILES string of the molecule is O=C(/C=C/c1ccc([N+](=O)[O-])cc1)N1CCc2sccc2C1. The first-order chi connectivity index (χ1) is 10.6. The van der Waals surface area contributed by atoms with E-state index in [0.29, 0.717) is 6.54 Å². The van der Waals surface area contributed by atoms with Crippen LogP contribution in [0.2, 0.25) is 0 Å². The topological polar surface area (TPSA) is 63.4 Å². The number of fused-ring (bicyclic) bond motifs is 1. The Morgan fingerprint density at radius 2 is 2.05 bits per heavy atom. The van der Waals surface area contributed by atoms with Crippen LogP contribution in [0.3, 0.4) is 0 Å². The lowest BCUT2D eigenvalue weighted by Crippen LogP contribution is -2.34. The Bertz CT molecular complexity index is 734.